The van der Waals surface area contributed by atoms with Crippen LogP contribution in [0.5, 0.6) is 5.75 Å². The van der Waals surface area contributed by atoms with Gasteiger partial charge in [0.05, 0.1) is 0 Å². The molecule has 0 aliphatic heterocycles. The Morgan fingerprint density at radius 3 is 2.56 bits per heavy atom. The highest BCUT2D eigenvalue weighted by molar-refractivity contribution is 14.1. The van der Waals surface area contributed by atoms with Crippen molar-refractivity contribution in [3.8, 4) is 5.75 Å². The lowest BCUT2D eigenvalue weighted by atomic mass is 10.1. The Kier molecular flexibility index (Phi) is 5.91. The summed E-state index contributed by atoms with van der Waals surface area (Å²) < 4.78 is 11.3. The topological polar surface area (TPSA) is 64.6 Å². The third-order valence-electron chi connectivity index (χ3n) is 3.92. The Hall–Kier alpha value is -2.09. The molecule has 0 fully saturated rings. The molecule has 0 atom stereocenters. The number of amides is 1. The van der Waals surface area contributed by atoms with E-state index in [1.165, 1.54) is 11.1 Å². The Morgan fingerprint density at radius 1 is 1.00 bits per heavy atom. The second kappa shape index (κ2) is 8.33. The lowest BCUT2D eigenvalue weighted by Gasteiger charge is -2.09. The van der Waals surface area contributed by atoms with Crippen molar-refractivity contribution in [3.63, 3.8) is 0 Å². The summed E-state index contributed by atoms with van der Waals surface area (Å²) in [6, 6.07) is 13.2. The van der Waals surface area contributed by atoms with E-state index >= 15 is 0 Å². The van der Waals surface area contributed by atoms with Gasteiger partial charge in [0, 0.05) is 9.26 Å². The quantitative estimate of drug-likeness (QED) is 0.541. The number of halogens is 1. The minimum atomic E-state index is -0.581. The van der Waals surface area contributed by atoms with Gasteiger partial charge in [-0.1, -0.05) is 6.07 Å². The van der Waals surface area contributed by atoms with Crippen LogP contribution in [0, 0.1) is 3.57 Å². The fourth-order valence-electron chi connectivity index (χ4n) is 2.71. The van der Waals surface area contributed by atoms with Crippen LogP contribution in [0.4, 0.5) is 5.69 Å². The van der Waals surface area contributed by atoms with Crippen LogP contribution >= 0.6 is 22.6 Å². The van der Waals surface area contributed by atoms with Crippen LogP contribution in [0.2, 0.25) is 0 Å². The van der Waals surface area contributed by atoms with Gasteiger partial charge in [-0.05, 0) is 89.4 Å². The van der Waals surface area contributed by atoms with E-state index in [0.29, 0.717) is 5.75 Å². The number of ether oxygens (including phenoxy) is 2. The number of benzene rings is 2. The van der Waals surface area contributed by atoms with Gasteiger partial charge < -0.3 is 14.8 Å². The van der Waals surface area contributed by atoms with Gasteiger partial charge in [-0.3, -0.25) is 4.79 Å². The van der Waals surface area contributed by atoms with Gasteiger partial charge in [-0.2, -0.15) is 0 Å². The number of fused-ring (bicyclic) bond motifs is 1. The Bertz CT molecular complexity index is 773. The number of hydrogen-bond donors (Lipinski definition) is 1. The van der Waals surface area contributed by atoms with Crippen molar-refractivity contribution in [3.05, 3.63) is 57.2 Å². The number of aryl methyl sites for hydroxylation is 2. The van der Waals surface area contributed by atoms with Gasteiger partial charge >= 0.3 is 5.97 Å². The molecule has 3 rings (SSSR count). The highest BCUT2D eigenvalue weighted by Crippen LogP contribution is 2.24. The number of anilines is 1. The van der Waals surface area contributed by atoms with Crippen molar-refractivity contribution in [2.24, 2.45) is 0 Å². The zero-order chi connectivity index (χ0) is 17.6. The Labute approximate surface area is 159 Å². The maximum atomic E-state index is 11.9. The summed E-state index contributed by atoms with van der Waals surface area (Å²) >= 11 is 2.19. The van der Waals surface area contributed by atoms with Crippen molar-refractivity contribution in [1.82, 2.24) is 0 Å². The summed E-state index contributed by atoms with van der Waals surface area (Å²) in [7, 11) is 0. The predicted molar refractivity (Wildman–Crippen MR) is 103 cm³/mol. The van der Waals surface area contributed by atoms with Crippen molar-refractivity contribution in [2.45, 2.75) is 19.3 Å². The first-order chi connectivity index (χ1) is 12.1. The summed E-state index contributed by atoms with van der Waals surface area (Å²) in [5.74, 6) is -0.358. The average molecular weight is 451 g/mol. The SMILES string of the molecule is O=C(COC(=O)COc1ccc(I)cc1)Nc1ccc2c(c1)CCC2. The summed E-state index contributed by atoms with van der Waals surface area (Å²) in [6.07, 6.45) is 3.30. The lowest BCUT2D eigenvalue weighted by Crippen LogP contribution is -2.23. The molecule has 130 valence electrons. The van der Waals surface area contributed by atoms with Crippen molar-refractivity contribution in [2.75, 3.05) is 18.5 Å². The van der Waals surface area contributed by atoms with Crippen molar-refractivity contribution >= 4 is 40.2 Å². The average Bonchev–Trinajstić information content (AvgIpc) is 3.07. The largest absolute Gasteiger partial charge is 0.482 e. The minimum Gasteiger partial charge on any atom is -0.482 e. The van der Waals surface area contributed by atoms with Crippen molar-refractivity contribution in [1.29, 1.82) is 0 Å². The molecule has 1 aliphatic rings. The Morgan fingerprint density at radius 2 is 1.76 bits per heavy atom. The molecule has 2 aromatic carbocycles. The normalized spacial score (nSPS) is 12.4. The zero-order valence-electron chi connectivity index (χ0n) is 13.6. The molecular formula is C19H18INO4. The van der Waals surface area contributed by atoms with E-state index in [0.717, 1.165) is 28.5 Å². The lowest BCUT2D eigenvalue weighted by molar-refractivity contribution is -0.149. The van der Waals surface area contributed by atoms with E-state index in [2.05, 4.69) is 27.9 Å². The summed E-state index contributed by atoms with van der Waals surface area (Å²) in [5.41, 5.74) is 3.36. The van der Waals surface area contributed by atoms with E-state index in [1.807, 2.05) is 30.3 Å². The number of hydrogen-bond acceptors (Lipinski definition) is 4. The van der Waals surface area contributed by atoms with Crippen LogP contribution in [0.15, 0.2) is 42.5 Å². The molecule has 0 saturated heterocycles. The molecule has 0 spiro atoms. The molecule has 2 aromatic rings. The van der Waals surface area contributed by atoms with Crippen LogP contribution < -0.4 is 10.1 Å². The molecule has 1 amide bonds. The molecule has 0 bridgehead atoms. The van der Waals surface area contributed by atoms with Crippen LogP contribution in [0.25, 0.3) is 0 Å². The minimum absolute atomic E-state index is 0.229. The standard InChI is InChI=1S/C19H18INO4/c20-15-5-8-17(9-6-15)24-12-19(23)25-11-18(22)21-16-7-4-13-2-1-3-14(13)10-16/h4-10H,1-3,11-12H2,(H,21,22). The molecule has 1 aliphatic carbocycles. The molecule has 6 heteroatoms. The van der Waals surface area contributed by atoms with Gasteiger partial charge in [0.1, 0.15) is 5.75 Å². The number of carbonyl (C=O) groups is 2. The molecule has 0 radical (unpaired) electrons. The van der Waals surface area contributed by atoms with Crippen LogP contribution in [-0.4, -0.2) is 25.1 Å². The Balaban J connectivity index is 1.41. The number of rotatable bonds is 6. The van der Waals surface area contributed by atoms with Gasteiger partial charge in [0.25, 0.3) is 5.91 Å². The third-order valence-corrected chi connectivity index (χ3v) is 4.64. The smallest absolute Gasteiger partial charge is 0.344 e. The monoisotopic (exact) mass is 451 g/mol. The summed E-state index contributed by atoms with van der Waals surface area (Å²) in [6.45, 7) is -0.557. The van der Waals surface area contributed by atoms with Gasteiger partial charge in [0.15, 0.2) is 13.2 Å². The first-order valence-electron chi connectivity index (χ1n) is 8.06. The molecular weight excluding hydrogens is 433 g/mol. The molecule has 0 aromatic heterocycles. The highest BCUT2D eigenvalue weighted by Gasteiger charge is 2.13. The third kappa shape index (κ3) is 5.19. The molecule has 5 nitrogen and oxygen atoms in total. The maximum Gasteiger partial charge on any atom is 0.344 e. The molecule has 1 N–H and O–H groups in total. The van der Waals surface area contributed by atoms with Crippen LogP contribution in [0.1, 0.15) is 17.5 Å². The fraction of sp³-hybridized carbons (Fsp3) is 0.263. The molecule has 0 unspecified atom stereocenters. The number of carbonyl (C=O) groups excluding carboxylic acids is 2. The molecule has 0 saturated carbocycles. The summed E-state index contributed by atoms with van der Waals surface area (Å²) in [5, 5.41) is 2.75. The van der Waals surface area contributed by atoms with E-state index in [1.54, 1.807) is 12.1 Å². The number of esters is 1. The maximum absolute atomic E-state index is 11.9. The first kappa shape index (κ1) is 17.7. The van der Waals surface area contributed by atoms with E-state index in [9.17, 15) is 9.59 Å². The van der Waals surface area contributed by atoms with E-state index in [4.69, 9.17) is 9.47 Å². The molecule has 25 heavy (non-hydrogen) atoms. The first-order valence-corrected chi connectivity index (χ1v) is 9.14. The van der Waals surface area contributed by atoms with Gasteiger partial charge in [-0.15, -0.1) is 0 Å². The molecule has 0 heterocycles. The van der Waals surface area contributed by atoms with Gasteiger partial charge in [-0.25, -0.2) is 4.79 Å². The van der Waals surface area contributed by atoms with E-state index in [-0.39, 0.29) is 19.1 Å². The zero-order valence-corrected chi connectivity index (χ0v) is 15.7. The van der Waals surface area contributed by atoms with Crippen molar-refractivity contribution < 1.29 is 19.1 Å². The fourth-order valence-corrected chi connectivity index (χ4v) is 3.07. The summed E-state index contributed by atoms with van der Waals surface area (Å²) in [4.78, 5) is 23.6. The van der Waals surface area contributed by atoms with Gasteiger partial charge in [0.2, 0.25) is 0 Å². The predicted octanol–water partition coefficient (Wildman–Crippen LogP) is 3.34. The van der Waals surface area contributed by atoms with E-state index < -0.39 is 5.97 Å². The highest BCUT2D eigenvalue weighted by atomic mass is 127. The number of nitrogens with one attached hydrogen (secondary N) is 1. The van der Waals surface area contributed by atoms with Crippen LogP contribution in [-0.2, 0) is 27.2 Å². The second-order valence-electron chi connectivity index (χ2n) is 5.79. The second-order valence-corrected chi connectivity index (χ2v) is 7.03. The van der Waals surface area contributed by atoms with Crippen LogP contribution in [0.3, 0.4) is 0 Å².